The molecule has 1 aliphatic carbocycles. The molecule has 14 unspecified atom stereocenters. The summed E-state index contributed by atoms with van der Waals surface area (Å²) in [4.78, 5) is 25.2. The topological polar surface area (TPSA) is 310 Å². The lowest BCUT2D eigenvalue weighted by Crippen LogP contribution is -2.70. The summed E-state index contributed by atoms with van der Waals surface area (Å²) in [5.74, 6) is -0.976. The van der Waals surface area contributed by atoms with Crippen molar-refractivity contribution in [1.29, 1.82) is 0 Å². The zero-order valence-electron chi connectivity index (χ0n) is 27.1. The molecule has 2 saturated heterocycles. The van der Waals surface area contributed by atoms with E-state index in [1.807, 2.05) is 0 Å². The number of ether oxygens (including phenoxy) is 5. The van der Waals surface area contributed by atoms with Gasteiger partial charge in [-0.05, 0) is 26.0 Å². The average Bonchev–Trinajstić information content (AvgIpc) is 3.07. The van der Waals surface area contributed by atoms with Gasteiger partial charge < -0.3 is 86.8 Å². The summed E-state index contributed by atoms with van der Waals surface area (Å²) in [6.45, 7) is 0.349. The van der Waals surface area contributed by atoms with Gasteiger partial charge in [-0.3, -0.25) is 4.79 Å². The molecular formula is C30H49N5O14. The minimum absolute atomic E-state index is 0.0383. The van der Waals surface area contributed by atoms with E-state index in [-0.39, 0.29) is 26.2 Å². The molecule has 0 aromatic heterocycles. The predicted octanol–water partition coefficient (Wildman–Crippen LogP) is -5.56. The van der Waals surface area contributed by atoms with Gasteiger partial charge in [-0.1, -0.05) is 30.3 Å². The summed E-state index contributed by atoms with van der Waals surface area (Å²) in [6.07, 6.45) is -18.0. The highest BCUT2D eigenvalue weighted by atomic mass is 16.7. The van der Waals surface area contributed by atoms with Crippen molar-refractivity contribution in [3.63, 3.8) is 0 Å². The second-order valence-electron chi connectivity index (χ2n) is 12.7. The number of nitrogens with one attached hydrogen (secondary N) is 3. The summed E-state index contributed by atoms with van der Waals surface area (Å²) >= 11 is 0. The third-order valence-electron chi connectivity index (χ3n) is 8.93. The number of hydrogen-bond donors (Lipinski definition) is 12. The molecule has 0 spiro atoms. The van der Waals surface area contributed by atoms with Gasteiger partial charge in [0.2, 0.25) is 0 Å². The number of benzene rings is 1. The minimum Gasteiger partial charge on any atom is -0.445 e. The van der Waals surface area contributed by atoms with Gasteiger partial charge in [0.15, 0.2) is 12.6 Å². The van der Waals surface area contributed by atoms with Crippen LogP contribution in [-0.2, 0) is 35.1 Å². The van der Waals surface area contributed by atoms with Crippen molar-refractivity contribution in [1.82, 2.24) is 16.0 Å². The molecule has 2 amide bonds. The number of amides is 2. The fraction of sp³-hybridized carbons (Fsp3) is 0.733. The molecule has 3 aliphatic rings. The first-order chi connectivity index (χ1) is 23.2. The second kappa shape index (κ2) is 17.1. The maximum Gasteiger partial charge on any atom is 0.407 e. The molecule has 2 heterocycles. The zero-order chi connectivity index (χ0) is 36.0. The first-order valence-corrected chi connectivity index (χ1v) is 15.9. The van der Waals surface area contributed by atoms with Gasteiger partial charge in [0.1, 0.15) is 67.1 Å². The highest BCUT2D eigenvalue weighted by Gasteiger charge is 2.53. The van der Waals surface area contributed by atoms with E-state index in [2.05, 4.69) is 16.0 Å². The molecule has 49 heavy (non-hydrogen) atoms. The highest BCUT2D eigenvalue weighted by molar-refractivity contribution is 5.81. The molecule has 1 aromatic rings. The van der Waals surface area contributed by atoms with E-state index in [9.17, 15) is 45.3 Å². The summed E-state index contributed by atoms with van der Waals surface area (Å²) < 4.78 is 28.0. The molecule has 19 nitrogen and oxygen atoms in total. The van der Waals surface area contributed by atoms with Crippen LogP contribution in [0.5, 0.6) is 0 Å². The lowest BCUT2D eigenvalue weighted by molar-refractivity contribution is -0.330. The van der Waals surface area contributed by atoms with Gasteiger partial charge in [0, 0.05) is 12.6 Å². The maximum absolute atomic E-state index is 13.1. The number of carbonyl (C=O) groups excluding carboxylic acids is 2. The number of likely N-dealkylation sites (N-methyl/N-ethyl adjacent to an activating group) is 1. The predicted molar refractivity (Wildman–Crippen MR) is 166 cm³/mol. The SMILES string of the molecule is CNC1C(O)C(OC2C(NC(=O)[C@@H](O)CNC(=O)OCc3ccccc3)CC(N)C(OC3OC(CN)C(O)C(O)C3O)C2O)OCC1(C)O. The molecule has 1 aromatic carbocycles. The van der Waals surface area contributed by atoms with Crippen LogP contribution in [0.15, 0.2) is 30.3 Å². The smallest absolute Gasteiger partial charge is 0.407 e. The molecule has 14 N–H and O–H groups in total. The third kappa shape index (κ3) is 9.40. The first kappa shape index (κ1) is 39.2. The van der Waals surface area contributed by atoms with E-state index < -0.39 is 110 Å². The number of hydrogen-bond acceptors (Lipinski definition) is 17. The van der Waals surface area contributed by atoms with Crippen molar-refractivity contribution >= 4 is 12.0 Å². The largest absolute Gasteiger partial charge is 0.445 e. The molecule has 0 radical (unpaired) electrons. The van der Waals surface area contributed by atoms with Gasteiger partial charge >= 0.3 is 6.09 Å². The number of aliphatic hydroxyl groups excluding tert-OH is 6. The van der Waals surface area contributed by atoms with Crippen LogP contribution in [0.3, 0.4) is 0 Å². The summed E-state index contributed by atoms with van der Waals surface area (Å²) in [5, 5.41) is 82.4. The Morgan fingerprint density at radius 1 is 1.00 bits per heavy atom. The number of aliphatic hydroxyl groups is 7. The average molecular weight is 704 g/mol. The van der Waals surface area contributed by atoms with Gasteiger partial charge in [-0.25, -0.2) is 4.79 Å². The van der Waals surface area contributed by atoms with E-state index in [1.54, 1.807) is 30.3 Å². The van der Waals surface area contributed by atoms with E-state index in [0.717, 1.165) is 5.56 Å². The summed E-state index contributed by atoms with van der Waals surface area (Å²) in [7, 11) is 1.51. The number of alkyl carbamates (subject to hydrolysis) is 1. The van der Waals surface area contributed by atoms with Gasteiger partial charge in [-0.15, -0.1) is 0 Å². The van der Waals surface area contributed by atoms with Crippen LogP contribution in [0.1, 0.15) is 18.9 Å². The molecule has 15 atom stereocenters. The Morgan fingerprint density at radius 2 is 1.67 bits per heavy atom. The second-order valence-corrected chi connectivity index (χ2v) is 12.7. The molecule has 3 fully saturated rings. The van der Waals surface area contributed by atoms with Crippen molar-refractivity contribution in [2.75, 3.05) is 26.7 Å². The Bertz CT molecular complexity index is 1220. The Balaban J connectivity index is 1.46. The van der Waals surface area contributed by atoms with Crippen LogP contribution in [0, 0.1) is 0 Å². The van der Waals surface area contributed by atoms with E-state index in [0.29, 0.717) is 0 Å². The van der Waals surface area contributed by atoms with Crippen LogP contribution in [0.25, 0.3) is 0 Å². The number of carbonyl (C=O) groups is 2. The van der Waals surface area contributed by atoms with E-state index in [4.69, 9.17) is 35.2 Å². The summed E-state index contributed by atoms with van der Waals surface area (Å²) in [5.41, 5.74) is 11.2. The van der Waals surface area contributed by atoms with Crippen LogP contribution in [-0.4, -0.2) is 166 Å². The quantitative estimate of drug-likeness (QED) is 0.0966. The molecule has 278 valence electrons. The number of nitrogens with two attached hydrogens (primary N) is 2. The standard InChI is InChI=1S/C30H49N5O14/c1-30(44)12-46-27(22(41)25(30)33-2)49-24-15(35-26(42)16(36)10-34-29(43)45-11-13-6-4-3-5-7-13)8-14(32)23(21(24)40)48-28-20(39)19(38)18(37)17(9-31)47-28/h3-7,14-25,27-28,33,36-41,44H,8-12,31-32H2,1-2H3,(H,34,43)(H,35,42)/t14?,15?,16-,17?,18?,19?,20?,21?,22?,23?,24?,25?,27?,28?,30?/m0/s1. The van der Waals surface area contributed by atoms with Gasteiger partial charge in [0.25, 0.3) is 5.91 Å². The Morgan fingerprint density at radius 3 is 2.33 bits per heavy atom. The highest BCUT2D eigenvalue weighted by Crippen LogP contribution is 2.32. The third-order valence-corrected chi connectivity index (χ3v) is 8.93. The van der Waals surface area contributed by atoms with Crippen LogP contribution in [0.4, 0.5) is 4.79 Å². The normalized spacial score (nSPS) is 40.3. The van der Waals surface area contributed by atoms with Crippen molar-refractivity contribution in [3.8, 4) is 0 Å². The maximum atomic E-state index is 13.1. The minimum atomic E-state index is -1.78. The van der Waals surface area contributed by atoms with Crippen molar-refractivity contribution in [3.05, 3.63) is 35.9 Å². The number of rotatable bonds is 12. The Labute approximate surface area is 282 Å². The molecule has 1 saturated carbocycles. The lowest BCUT2D eigenvalue weighted by atomic mass is 9.83. The van der Waals surface area contributed by atoms with Crippen molar-refractivity contribution < 1.29 is 69.0 Å². The van der Waals surface area contributed by atoms with Crippen molar-refractivity contribution in [2.24, 2.45) is 11.5 Å². The fourth-order valence-electron chi connectivity index (χ4n) is 6.16. The van der Waals surface area contributed by atoms with Gasteiger partial charge in [0.05, 0.1) is 25.2 Å². The first-order valence-electron chi connectivity index (χ1n) is 15.9. The fourth-order valence-corrected chi connectivity index (χ4v) is 6.16. The molecule has 0 bridgehead atoms. The molecule has 4 rings (SSSR count). The van der Waals surface area contributed by atoms with Crippen LogP contribution >= 0.6 is 0 Å². The van der Waals surface area contributed by atoms with Crippen LogP contribution in [0.2, 0.25) is 0 Å². The molecule has 2 aliphatic heterocycles. The van der Waals surface area contributed by atoms with Crippen LogP contribution < -0.4 is 27.4 Å². The van der Waals surface area contributed by atoms with Crippen molar-refractivity contribution in [2.45, 2.75) is 111 Å². The summed E-state index contributed by atoms with van der Waals surface area (Å²) in [6, 6.07) is 5.68. The Kier molecular flexibility index (Phi) is 13.7. The Hall–Kier alpha value is -2.60. The van der Waals surface area contributed by atoms with E-state index in [1.165, 1.54) is 14.0 Å². The van der Waals surface area contributed by atoms with Gasteiger partial charge in [-0.2, -0.15) is 0 Å². The lowest BCUT2D eigenvalue weighted by Gasteiger charge is -2.49. The van der Waals surface area contributed by atoms with E-state index >= 15 is 0 Å². The molecular weight excluding hydrogens is 654 g/mol. The molecule has 19 heteroatoms. The monoisotopic (exact) mass is 703 g/mol. The zero-order valence-corrected chi connectivity index (χ0v) is 27.1.